The van der Waals surface area contributed by atoms with Crippen molar-refractivity contribution < 1.29 is 19.4 Å². The molecule has 0 radical (unpaired) electrons. The molecule has 0 aromatic heterocycles. The highest BCUT2D eigenvalue weighted by atomic mass is 16.5. The van der Waals surface area contributed by atoms with Gasteiger partial charge < -0.3 is 15.2 Å². The van der Waals surface area contributed by atoms with Gasteiger partial charge in [-0.05, 0) is 60.9 Å². The minimum absolute atomic E-state index is 0.0677. The quantitative estimate of drug-likeness (QED) is 0.785. The van der Waals surface area contributed by atoms with E-state index in [-0.39, 0.29) is 18.6 Å². The molecule has 2 aromatic rings. The number of ether oxygens (including phenoxy) is 1. The average molecular weight is 367 g/mol. The van der Waals surface area contributed by atoms with Crippen molar-refractivity contribution in [1.82, 2.24) is 5.32 Å². The molecule has 1 aliphatic rings. The fourth-order valence-corrected chi connectivity index (χ4v) is 3.59. The Balaban J connectivity index is 1.50. The number of carboxylic acids is 1. The van der Waals surface area contributed by atoms with Crippen LogP contribution in [0.2, 0.25) is 0 Å². The van der Waals surface area contributed by atoms with E-state index in [1.807, 2.05) is 19.1 Å². The fraction of sp³-hybridized carbons (Fsp3) is 0.364. The third kappa shape index (κ3) is 5.33. The molecule has 5 nitrogen and oxygen atoms in total. The molecule has 2 unspecified atom stereocenters. The van der Waals surface area contributed by atoms with Crippen LogP contribution in [0.25, 0.3) is 0 Å². The molecular weight excluding hydrogens is 342 g/mol. The zero-order chi connectivity index (χ0) is 19.2. The van der Waals surface area contributed by atoms with E-state index in [0.29, 0.717) is 18.1 Å². The number of fused-ring (bicyclic) bond motifs is 1. The van der Waals surface area contributed by atoms with Gasteiger partial charge in [-0.2, -0.15) is 0 Å². The van der Waals surface area contributed by atoms with Crippen molar-refractivity contribution in [2.45, 2.75) is 38.6 Å². The maximum Gasteiger partial charge on any atom is 0.341 e. The zero-order valence-corrected chi connectivity index (χ0v) is 15.5. The van der Waals surface area contributed by atoms with Gasteiger partial charge in [0.1, 0.15) is 5.75 Å². The summed E-state index contributed by atoms with van der Waals surface area (Å²) in [5, 5.41) is 11.7. The van der Waals surface area contributed by atoms with Crippen LogP contribution >= 0.6 is 0 Å². The lowest BCUT2D eigenvalue weighted by Gasteiger charge is -2.25. The number of carbonyl (C=O) groups is 2. The number of nitrogens with one attached hydrogen (secondary N) is 1. The predicted octanol–water partition coefficient (Wildman–Crippen LogP) is 3.52. The summed E-state index contributed by atoms with van der Waals surface area (Å²) < 4.78 is 5.13. The third-order valence-electron chi connectivity index (χ3n) is 5.04. The third-order valence-corrected chi connectivity index (χ3v) is 5.04. The summed E-state index contributed by atoms with van der Waals surface area (Å²) in [6.45, 7) is 1.58. The summed E-state index contributed by atoms with van der Waals surface area (Å²) in [7, 11) is 0. The van der Waals surface area contributed by atoms with Crippen LogP contribution in [0.4, 0.5) is 0 Å². The fourth-order valence-electron chi connectivity index (χ4n) is 3.59. The van der Waals surface area contributed by atoms with Crippen LogP contribution in [0.5, 0.6) is 5.75 Å². The molecule has 27 heavy (non-hydrogen) atoms. The number of carbonyl (C=O) groups excluding carboxylic acids is 1. The van der Waals surface area contributed by atoms with Gasteiger partial charge in [0.15, 0.2) is 6.61 Å². The summed E-state index contributed by atoms with van der Waals surface area (Å²) in [6, 6.07) is 15.5. The molecule has 0 fully saturated rings. The van der Waals surface area contributed by atoms with Crippen molar-refractivity contribution in [3.8, 4) is 5.75 Å². The van der Waals surface area contributed by atoms with E-state index in [1.165, 1.54) is 11.1 Å². The highest BCUT2D eigenvalue weighted by Gasteiger charge is 2.21. The number of aryl methyl sites for hydroxylation is 1. The standard InChI is InChI=1S/C22H25NO4/c1-15(17-8-10-20(11-9-17)27-14-22(25)26)23-21(24)13-16-6-7-18-4-2-3-5-19(18)12-16/h2-5,8-11,15-16H,6-7,12-14H2,1H3,(H,23,24)(H,25,26). The number of amides is 1. The van der Waals surface area contributed by atoms with E-state index in [0.717, 1.165) is 24.8 Å². The second-order valence-electron chi connectivity index (χ2n) is 7.12. The lowest BCUT2D eigenvalue weighted by Crippen LogP contribution is -2.29. The molecule has 0 spiro atoms. The predicted molar refractivity (Wildman–Crippen MR) is 103 cm³/mol. The Kier molecular flexibility index (Phi) is 6.12. The molecule has 0 aliphatic heterocycles. The number of aliphatic carboxylic acids is 1. The SMILES string of the molecule is CC(NC(=O)CC1CCc2ccccc2C1)c1ccc(OCC(=O)O)cc1. The summed E-state index contributed by atoms with van der Waals surface area (Å²) in [5.41, 5.74) is 3.74. The number of rotatable bonds is 7. The molecular formula is C22H25NO4. The van der Waals surface area contributed by atoms with Gasteiger partial charge in [0.25, 0.3) is 0 Å². The van der Waals surface area contributed by atoms with E-state index in [9.17, 15) is 9.59 Å². The maximum absolute atomic E-state index is 12.5. The van der Waals surface area contributed by atoms with Crippen LogP contribution in [-0.2, 0) is 22.4 Å². The highest BCUT2D eigenvalue weighted by molar-refractivity contribution is 5.76. The minimum Gasteiger partial charge on any atom is -0.482 e. The van der Waals surface area contributed by atoms with Gasteiger partial charge >= 0.3 is 5.97 Å². The van der Waals surface area contributed by atoms with Gasteiger partial charge in [-0.1, -0.05) is 36.4 Å². The van der Waals surface area contributed by atoms with E-state index >= 15 is 0 Å². The summed E-state index contributed by atoms with van der Waals surface area (Å²) in [5.74, 6) is -0.0532. The highest BCUT2D eigenvalue weighted by Crippen LogP contribution is 2.27. The Morgan fingerprint density at radius 2 is 1.85 bits per heavy atom. The Morgan fingerprint density at radius 1 is 1.15 bits per heavy atom. The van der Waals surface area contributed by atoms with Crippen molar-refractivity contribution in [3.63, 3.8) is 0 Å². The minimum atomic E-state index is -1.01. The first kappa shape index (κ1) is 19.0. The molecule has 1 amide bonds. The Morgan fingerprint density at radius 3 is 2.56 bits per heavy atom. The number of hydrogen-bond acceptors (Lipinski definition) is 3. The topological polar surface area (TPSA) is 75.6 Å². The van der Waals surface area contributed by atoms with Crippen LogP contribution < -0.4 is 10.1 Å². The normalized spacial score (nSPS) is 16.9. The molecule has 0 saturated heterocycles. The summed E-state index contributed by atoms with van der Waals surface area (Å²) in [6.07, 6.45) is 3.60. The van der Waals surface area contributed by atoms with Crippen LogP contribution in [0.3, 0.4) is 0 Å². The van der Waals surface area contributed by atoms with Gasteiger partial charge in [0, 0.05) is 6.42 Å². The molecule has 1 aliphatic carbocycles. The molecule has 0 heterocycles. The Bertz CT molecular complexity index is 800. The molecule has 0 saturated carbocycles. The second-order valence-corrected chi connectivity index (χ2v) is 7.12. The van der Waals surface area contributed by atoms with E-state index in [1.54, 1.807) is 12.1 Å². The van der Waals surface area contributed by atoms with Crippen LogP contribution in [-0.4, -0.2) is 23.6 Å². The molecule has 0 bridgehead atoms. The lowest BCUT2D eigenvalue weighted by atomic mass is 9.82. The van der Waals surface area contributed by atoms with Gasteiger partial charge in [-0.25, -0.2) is 4.79 Å². The number of benzene rings is 2. The van der Waals surface area contributed by atoms with E-state index < -0.39 is 5.97 Å². The molecule has 2 N–H and O–H groups in total. The van der Waals surface area contributed by atoms with Crippen LogP contribution in [0, 0.1) is 5.92 Å². The van der Waals surface area contributed by atoms with Gasteiger partial charge in [0.05, 0.1) is 6.04 Å². The first-order chi connectivity index (χ1) is 13.0. The summed E-state index contributed by atoms with van der Waals surface area (Å²) in [4.78, 5) is 23.0. The van der Waals surface area contributed by atoms with Gasteiger partial charge in [-0.3, -0.25) is 4.79 Å². The lowest BCUT2D eigenvalue weighted by molar-refractivity contribution is -0.139. The van der Waals surface area contributed by atoms with E-state index in [4.69, 9.17) is 9.84 Å². The van der Waals surface area contributed by atoms with Crippen molar-refractivity contribution in [3.05, 3.63) is 65.2 Å². The molecule has 2 atom stereocenters. The number of carboxylic acid groups (broad SMARTS) is 1. The van der Waals surface area contributed by atoms with Crippen molar-refractivity contribution in [2.75, 3.05) is 6.61 Å². The van der Waals surface area contributed by atoms with Crippen LogP contribution in [0.1, 0.15) is 42.5 Å². The monoisotopic (exact) mass is 367 g/mol. The Hall–Kier alpha value is -2.82. The average Bonchev–Trinajstić information content (AvgIpc) is 2.66. The summed E-state index contributed by atoms with van der Waals surface area (Å²) >= 11 is 0. The smallest absolute Gasteiger partial charge is 0.341 e. The van der Waals surface area contributed by atoms with E-state index in [2.05, 4.69) is 29.6 Å². The van der Waals surface area contributed by atoms with Crippen molar-refractivity contribution >= 4 is 11.9 Å². The Labute approximate surface area is 159 Å². The molecule has 5 heteroatoms. The van der Waals surface area contributed by atoms with Crippen LogP contribution in [0.15, 0.2) is 48.5 Å². The first-order valence-electron chi connectivity index (χ1n) is 9.32. The van der Waals surface area contributed by atoms with Crippen molar-refractivity contribution in [1.29, 1.82) is 0 Å². The first-order valence-corrected chi connectivity index (χ1v) is 9.32. The molecule has 2 aromatic carbocycles. The second kappa shape index (κ2) is 8.71. The zero-order valence-electron chi connectivity index (χ0n) is 15.5. The van der Waals surface area contributed by atoms with Crippen molar-refractivity contribution in [2.24, 2.45) is 5.92 Å². The van der Waals surface area contributed by atoms with Gasteiger partial charge in [-0.15, -0.1) is 0 Å². The number of hydrogen-bond donors (Lipinski definition) is 2. The maximum atomic E-state index is 12.5. The molecule has 142 valence electrons. The largest absolute Gasteiger partial charge is 0.482 e. The molecule has 3 rings (SSSR count). The van der Waals surface area contributed by atoms with Gasteiger partial charge in [0.2, 0.25) is 5.91 Å².